The first-order chi connectivity index (χ1) is 6.88. The van der Waals surface area contributed by atoms with E-state index >= 15 is 0 Å². The number of rotatable bonds is 3. The molecule has 3 nitrogen and oxygen atoms in total. The van der Waals surface area contributed by atoms with E-state index in [4.69, 9.17) is 10.2 Å². The second-order valence-electron chi connectivity index (χ2n) is 2.42. The van der Waals surface area contributed by atoms with Crippen LogP contribution in [0, 0.1) is 0 Å². The molecule has 0 saturated carbocycles. The maximum atomic E-state index is 5.46. The van der Waals surface area contributed by atoms with E-state index in [-0.39, 0.29) is 0 Å². The van der Waals surface area contributed by atoms with E-state index in [1.165, 1.54) is 18.0 Å². The molecular formula is C9H8N2OS2. The first kappa shape index (κ1) is 9.36. The lowest BCUT2D eigenvalue weighted by Crippen LogP contribution is -1.73. The minimum Gasteiger partial charge on any atom is -0.450 e. The predicted molar refractivity (Wildman–Crippen MR) is 58.2 cm³/mol. The Morgan fingerprint density at radius 2 is 2.43 bits per heavy atom. The highest BCUT2D eigenvalue weighted by Crippen LogP contribution is 2.30. The average molecular weight is 224 g/mol. The van der Waals surface area contributed by atoms with Crippen molar-refractivity contribution < 1.29 is 4.42 Å². The molecule has 0 aliphatic carbocycles. The third kappa shape index (κ3) is 2.18. The fourth-order valence-corrected chi connectivity index (χ4v) is 2.45. The largest absolute Gasteiger partial charge is 0.450 e. The van der Waals surface area contributed by atoms with Crippen molar-refractivity contribution in [2.45, 2.75) is 9.43 Å². The zero-order valence-corrected chi connectivity index (χ0v) is 8.85. The molecule has 0 amide bonds. The van der Waals surface area contributed by atoms with Crippen molar-refractivity contribution in [3.05, 3.63) is 35.7 Å². The first-order valence-corrected chi connectivity index (χ1v) is 5.63. The number of hydrogen-bond acceptors (Lipinski definition) is 5. The molecule has 0 bridgehead atoms. The van der Waals surface area contributed by atoms with Crippen molar-refractivity contribution in [3.63, 3.8) is 0 Å². The Labute approximate surface area is 89.6 Å². The van der Waals surface area contributed by atoms with E-state index in [1.54, 1.807) is 23.6 Å². The Bertz CT molecular complexity index is 420. The minimum atomic E-state index is 0.756. The first-order valence-electron chi connectivity index (χ1n) is 3.94. The fraction of sp³-hybridized carbons (Fsp3) is 0. The maximum absolute atomic E-state index is 5.46. The van der Waals surface area contributed by atoms with E-state index in [0.717, 1.165) is 15.2 Å². The molecule has 0 saturated heterocycles. The van der Waals surface area contributed by atoms with Gasteiger partial charge in [0.1, 0.15) is 5.76 Å². The van der Waals surface area contributed by atoms with Gasteiger partial charge in [0.15, 0.2) is 9.43 Å². The molecule has 0 aromatic carbocycles. The second kappa shape index (κ2) is 4.34. The second-order valence-corrected chi connectivity index (χ2v) is 4.56. The molecule has 0 aliphatic heterocycles. The van der Waals surface area contributed by atoms with Gasteiger partial charge in [0.2, 0.25) is 0 Å². The van der Waals surface area contributed by atoms with E-state index in [9.17, 15) is 0 Å². The van der Waals surface area contributed by atoms with Crippen LogP contribution in [0.1, 0.15) is 5.76 Å². The Morgan fingerprint density at radius 3 is 3.14 bits per heavy atom. The molecule has 0 unspecified atom stereocenters. The van der Waals surface area contributed by atoms with Crippen molar-refractivity contribution in [2.75, 3.05) is 0 Å². The minimum absolute atomic E-state index is 0.756. The van der Waals surface area contributed by atoms with E-state index in [1.807, 2.05) is 17.5 Å². The van der Waals surface area contributed by atoms with Crippen LogP contribution >= 0.6 is 23.1 Å². The normalized spacial score (nSPS) is 11.1. The zero-order chi connectivity index (χ0) is 9.80. The van der Waals surface area contributed by atoms with Crippen LogP contribution in [-0.2, 0) is 0 Å². The van der Waals surface area contributed by atoms with Gasteiger partial charge in [-0.15, -0.1) is 11.3 Å². The number of nitrogens with zero attached hydrogens (tertiary/aromatic N) is 1. The lowest BCUT2D eigenvalue weighted by atomic mass is 10.4. The summed E-state index contributed by atoms with van der Waals surface area (Å²) in [5.74, 6) is 0.756. The van der Waals surface area contributed by atoms with Crippen molar-refractivity contribution in [3.8, 4) is 0 Å². The van der Waals surface area contributed by atoms with Crippen LogP contribution in [0.25, 0.3) is 6.08 Å². The average Bonchev–Trinajstić information content (AvgIpc) is 2.79. The topological polar surface area (TPSA) is 52.0 Å². The summed E-state index contributed by atoms with van der Waals surface area (Å²) in [6.07, 6.45) is 4.94. The summed E-state index contributed by atoms with van der Waals surface area (Å²) in [4.78, 5) is 4.15. The van der Waals surface area contributed by atoms with Crippen molar-refractivity contribution in [2.24, 2.45) is 5.73 Å². The molecule has 2 aromatic rings. The molecular weight excluding hydrogens is 216 g/mol. The van der Waals surface area contributed by atoms with Crippen molar-refractivity contribution >= 4 is 29.2 Å². The third-order valence-electron chi connectivity index (χ3n) is 1.46. The van der Waals surface area contributed by atoms with Gasteiger partial charge < -0.3 is 10.2 Å². The monoisotopic (exact) mass is 224 g/mol. The Morgan fingerprint density at radius 1 is 1.50 bits per heavy atom. The van der Waals surface area contributed by atoms with Gasteiger partial charge in [-0.2, -0.15) is 0 Å². The highest BCUT2D eigenvalue weighted by atomic mass is 32.2. The van der Waals surface area contributed by atoms with Crippen LogP contribution in [0.5, 0.6) is 0 Å². The van der Waals surface area contributed by atoms with E-state index in [2.05, 4.69) is 4.98 Å². The maximum Gasteiger partial charge on any atom is 0.167 e. The summed E-state index contributed by atoms with van der Waals surface area (Å²) in [6, 6.07) is 3.78. The highest BCUT2D eigenvalue weighted by Gasteiger charge is 2.03. The Hall–Kier alpha value is -1.20. The van der Waals surface area contributed by atoms with Crippen LogP contribution in [0.3, 0.4) is 0 Å². The van der Waals surface area contributed by atoms with Crippen LogP contribution in [0.15, 0.2) is 43.8 Å². The van der Waals surface area contributed by atoms with Crippen molar-refractivity contribution in [1.82, 2.24) is 4.98 Å². The molecule has 72 valence electrons. The summed E-state index contributed by atoms with van der Waals surface area (Å²) in [5.41, 5.74) is 5.25. The number of nitrogens with two attached hydrogens (primary N) is 1. The van der Waals surface area contributed by atoms with Crippen LogP contribution in [-0.4, -0.2) is 4.98 Å². The molecule has 2 rings (SSSR count). The third-order valence-corrected chi connectivity index (χ3v) is 3.26. The summed E-state index contributed by atoms with van der Waals surface area (Å²) in [6.45, 7) is 0. The van der Waals surface area contributed by atoms with Crippen LogP contribution < -0.4 is 5.73 Å². The molecule has 0 fully saturated rings. The molecule has 2 N–H and O–H groups in total. The van der Waals surface area contributed by atoms with Gasteiger partial charge >= 0.3 is 0 Å². The summed E-state index contributed by atoms with van der Waals surface area (Å²) >= 11 is 3.10. The van der Waals surface area contributed by atoms with Crippen molar-refractivity contribution in [1.29, 1.82) is 0 Å². The van der Waals surface area contributed by atoms with Gasteiger partial charge in [0.25, 0.3) is 0 Å². The molecule has 2 aromatic heterocycles. The van der Waals surface area contributed by atoms with Gasteiger partial charge in [-0.3, -0.25) is 0 Å². The molecule has 0 radical (unpaired) electrons. The highest BCUT2D eigenvalue weighted by molar-refractivity contribution is 8.00. The van der Waals surface area contributed by atoms with E-state index < -0.39 is 0 Å². The summed E-state index contributed by atoms with van der Waals surface area (Å²) < 4.78 is 6.43. The smallest absolute Gasteiger partial charge is 0.167 e. The molecule has 5 heteroatoms. The SMILES string of the molecule is N/C=C/c1ccc(Sc2nccs2)o1. The standard InChI is InChI=1S/C9H8N2OS2/c10-4-3-7-1-2-8(12-7)14-9-11-5-6-13-9/h1-6H,10H2/b4-3+. The molecule has 0 aliphatic rings. The molecule has 2 heterocycles. The quantitative estimate of drug-likeness (QED) is 0.871. The van der Waals surface area contributed by atoms with Crippen LogP contribution in [0.2, 0.25) is 0 Å². The van der Waals surface area contributed by atoms with Gasteiger partial charge in [0, 0.05) is 11.6 Å². The fourth-order valence-electron chi connectivity index (χ4n) is 0.920. The lowest BCUT2D eigenvalue weighted by Gasteiger charge is -1.89. The van der Waals surface area contributed by atoms with Crippen LogP contribution in [0.4, 0.5) is 0 Å². The predicted octanol–water partition coefficient (Wildman–Crippen LogP) is 2.82. The number of furan rings is 1. The number of aromatic nitrogens is 1. The van der Waals surface area contributed by atoms with Gasteiger partial charge in [-0.25, -0.2) is 4.98 Å². The Kier molecular flexibility index (Phi) is 2.90. The van der Waals surface area contributed by atoms with Gasteiger partial charge in [0.05, 0.1) is 0 Å². The zero-order valence-electron chi connectivity index (χ0n) is 7.21. The lowest BCUT2D eigenvalue weighted by molar-refractivity contribution is 0.466. The molecule has 0 atom stereocenters. The summed E-state index contributed by atoms with van der Waals surface area (Å²) in [5, 5.41) is 2.76. The van der Waals surface area contributed by atoms with Gasteiger partial charge in [-0.1, -0.05) is 0 Å². The van der Waals surface area contributed by atoms with E-state index in [0.29, 0.717) is 0 Å². The van der Waals surface area contributed by atoms with Gasteiger partial charge in [-0.05, 0) is 36.2 Å². The Balaban J connectivity index is 2.10. The molecule has 14 heavy (non-hydrogen) atoms. The summed E-state index contributed by atoms with van der Waals surface area (Å²) in [7, 11) is 0. The molecule has 0 spiro atoms. The number of hydrogen-bond donors (Lipinski definition) is 1. The number of thiazole rings is 1.